The van der Waals surface area contributed by atoms with Gasteiger partial charge in [-0.25, -0.2) is 8.42 Å². The van der Waals surface area contributed by atoms with Crippen LogP contribution in [0.1, 0.15) is 30.3 Å². The fourth-order valence-electron chi connectivity index (χ4n) is 3.23. The molecule has 0 aliphatic carbocycles. The van der Waals surface area contributed by atoms with Gasteiger partial charge in [0.15, 0.2) is 15.0 Å². The molecule has 3 aromatic rings. The molecule has 10 heteroatoms. The molecule has 1 fully saturated rings. The molecular formula is C18H21N5O3S2. The molecule has 1 aliphatic rings. The van der Waals surface area contributed by atoms with Crippen LogP contribution in [0.25, 0.3) is 11.4 Å². The van der Waals surface area contributed by atoms with Gasteiger partial charge in [-0.3, -0.25) is 0 Å². The lowest BCUT2D eigenvalue weighted by Gasteiger charge is -2.09. The molecule has 2 unspecified atom stereocenters. The molecule has 2 atom stereocenters. The molecule has 0 radical (unpaired) electrons. The van der Waals surface area contributed by atoms with Gasteiger partial charge < -0.3 is 9.09 Å². The Hall–Kier alpha value is -2.20. The van der Waals surface area contributed by atoms with Crippen molar-refractivity contribution in [3.05, 3.63) is 42.0 Å². The Kier molecular flexibility index (Phi) is 5.24. The summed E-state index contributed by atoms with van der Waals surface area (Å²) in [5, 5.41) is 13.2. The van der Waals surface area contributed by atoms with E-state index in [0.29, 0.717) is 24.6 Å². The standard InChI is InChI=1S/C18H21N5O3S2/c1-12(17-19-16(22-26-17)14-6-4-3-5-7-14)27-18-21-20-15(23(18)2)10-13-8-9-28(24,25)11-13/h3-7,12-13H,8-11H2,1-2H3. The molecule has 0 bridgehead atoms. The minimum absolute atomic E-state index is 0.0902. The first kappa shape index (κ1) is 19.1. The van der Waals surface area contributed by atoms with Gasteiger partial charge in [0.25, 0.3) is 0 Å². The van der Waals surface area contributed by atoms with E-state index in [9.17, 15) is 8.42 Å². The summed E-state index contributed by atoms with van der Waals surface area (Å²) in [5.74, 6) is 2.51. The van der Waals surface area contributed by atoms with Gasteiger partial charge in [0.1, 0.15) is 5.82 Å². The van der Waals surface area contributed by atoms with Crippen LogP contribution in [0, 0.1) is 5.92 Å². The van der Waals surface area contributed by atoms with E-state index in [1.165, 1.54) is 11.8 Å². The summed E-state index contributed by atoms with van der Waals surface area (Å²) >= 11 is 1.49. The largest absolute Gasteiger partial charge is 0.338 e. The van der Waals surface area contributed by atoms with E-state index in [2.05, 4.69) is 20.3 Å². The van der Waals surface area contributed by atoms with Crippen LogP contribution in [0.5, 0.6) is 0 Å². The number of rotatable bonds is 6. The maximum absolute atomic E-state index is 11.7. The van der Waals surface area contributed by atoms with Crippen molar-refractivity contribution in [2.24, 2.45) is 13.0 Å². The second kappa shape index (κ2) is 7.67. The van der Waals surface area contributed by atoms with Gasteiger partial charge in [-0.05, 0) is 19.3 Å². The minimum Gasteiger partial charge on any atom is -0.338 e. The molecule has 2 aromatic heterocycles. The van der Waals surface area contributed by atoms with Crippen LogP contribution in [0.2, 0.25) is 0 Å². The monoisotopic (exact) mass is 419 g/mol. The molecule has 148 valence electrons. The second-order valence-electron chi connectivity index (χ2n) is 7.01. The molecule has 0 spiro atoms. The van der Waals surface area contributed by atoms with Crippen LogP contribution in [0.3, 0.4) is 0 Å². The molecule has 0 saturated carbocycles. The molecular weight excluding hydrogens is 398 g/mol. The average Bonchev–Trinajstić information content (AvgIpc) is 3.38. The smallest absolute Gasteiger partial charge is 0.240 e. The zero-order chi connectivity index (χ0) is 19.7. The van der Waals surface area contributed by atoms with Crippen LogP contribution >= 0.6 is 11.8 Å². The Morgan fingerprint density at radius 1 is 1.29 bits per heavy atom. The lowest BCUT2D eigenvalue weighted by molar-refractivity contribution is 0.380. The normalized spacial score (nSPS) is 19.7. The predicted molar refractivity (Wildman–Crippen MR) is 105 cm³/mol. The zero-order valence-corrected chi connectivity index (χ0v) is 17.3. The third-order valence-corrected chi connectivity index (χ3v) is 7.79. The molecule has 4 rings (SSSR count). The Labute approximate surface area is 167 Å². The van der Waals surface area contributed by atoms with E-state index in [1.807, 2.05) is 48.9 Å². The van der Waals surface area contributed by atoms with Crippen LogP contribution in [-0.2, 0) is 23.3 Å². The van der Waals surface area contributed by atoms with Crippen molar-refractivity contribution in [1.29, 1.82) is 0 Å². The van der Waals surface area contributed by atoms with Gasteiger partial charge in [0.05, 0.1) is 16.8 Å². The highest BCUT2D eigenvalue weighted by Crippen LogP contribution is 2.34. The van der Waals surface area contributed by atoms with Gasteiger partial charge in [0.2, 0.25) is 11.7 Å². The number of hydrogen-bond donors (Lipinski definition) is 0. The summed E-state index contributed by atoms with van der Waals surface area (Å²) in [7, 11) is -0.988. The van der Waals surface area contributed by atoms with Crippen LogP contribution in [-0.4, -0.2) is 44.8 Å². The van der Waals surface area contributed by atoms with Crippen molar-refractivity contribution in [1.82, 2.24) is 24.9 Å². The van der Waals surface area contributed by atoms with Gasteiger partial charge in [-0.1, -0.05) is 47.3 Å². The van der Waals surface area contributed by atoms with E-state index in [0.717, 1.165) is 16.5 Å². The number of sulfone groups is 1. The quantitative estimate of drug-likeness (QED) is 0.562. The molecule has 1 aliphatic heterocycles. The Morgan fingerprint density at radius 3 is 2.79 bits per heavy atom. The second-order valence-corrected chi connectivity index (χ2v) is 10.6. The highest BCUT2D eigenvalue weighted by molar-refractivity contribution is 7.99. The van der Waals surface area contributed by atoms with E-state index in [4.69, 9.17) is 4.52 Å². The number of benzene rings is 1. The average molecular weight is 420 g/mol. The molecule has 0 amide bonds. The lowest BCUT2D eigenvalue weighted by Crippen LogP contribution is -2.11. The highest BCUT2D eigenvalue weighted by Gasteiger charge is 2.29. The topological polar surface area (TPSA) is 104 Å². The van der Waals surface area contributed by atoms with Crippen LogP contribution in [0.15, 0.2) is 40.0 Å². The van der Waals surface area contributed by atoms with E-state index in [1.54, 1.807) is 0 Å². The number of hydrogen-bond acceptors (Lipinski definition) is 8. The first-order valence-corrected chi connectivity index (χ1v) is 11.8. The van der Waals surface area contributed by atoms with E-state index in [-0.39, 0.29) is 22.7 Å². The third kappa shape index (κ3) is 4.12. The van der Waals surface area contributed by atoms with Gasteiger partial charge >= 0.3 is 0 Å². The molecule has 1 saturated heterocycles. The van der Waals surface area contributed by atoms with Crippen LogP contribution in [0.4, 0.5) is 0 Å². The zero-order valence-electron chi connectivity index (χ0n) is 15.6. The SMILES string of the molecule is CC(Sc1nnc(CC2CCS(=O)(=O)C2)n1C)c1nc(-c2ccccc2)no1. The Balaban J connectivity index is 1.43. The number of aromatic nitrogens is 5. The third-order valence-electron chi connectivity index (χ3n) is 4.83. The van der Waals surface area contributed by atoms with Crippen molar-refractivity contribution in [3.63, 3.8) is 0 Å². The summed E-state index contributed by atoms with van der Waals surface area (Å²) in [6, 6.07) is 9.67. The van der Waals surface area contributed by atoms with Crippen molar-refractivity contribution < 1.29 is 12.9 Å². The van der Waals surface area contributed by atoms with E-state index < -0.39 is 9.84 Å². The predicted octanol–water partition coefficient (Wildman–Crippen LogP) is 2.70. The summed E-state index contributed by atoms with van der Waals surface area (Å²) in [5.41, 5.74) is 0.905. The molecule has 8 nitrogen and oxygen atoms in total. The number of nitrogens with zero attached hydrogens (tertiary/aromatic N) is 5. The van der Waals surface area contributed by atoms with Gasteiger partial charge in [0, 0.05) is 19.0 Å². The summed E-state index contributed by atoms with van der Waals surface area (Å²) < 4.78 is 30.7. The maximum atomic E-state index is 11.7. The molecule has 0 N–H and O–H groups in total. The minimum atomic E-state index is -2.89. The van der Waals surface area contributed by atoms with Gasteiger partial charge in [-0.2, -0.15) is 4.98 Å². The number of thioether (sulfide) groups is 1. The summed E-state index contributed by atoms with van der Waals surface area (Å²) in [4.78, 5) is 4.49. The first-order chi connectivity index (χ1) is 13.4. The van der Waals surface area contributed by atoms with E-state index >= 15 is 0 Å². The fraction of sp³-hybridized carbons (Fsp3) is 0.444. The molecule has 3 heterocycles. The summed E-state index contributed by atoms with van der Waals surface area (Å²) in [6.45, 7) is 1.98. The van der Waals surface area contributed by atoms with Crippen molar-refractivity contribution in [3.8, 4) is 11.4 Å². The first-order valence-electron chi connectivity index (χ1n) is 9.05. The molecule has 1 aromatic carbocycles. The fourth-order valence-corrected chi connectivity index (χ4v) is 5.96. The van der Waals surface area contributed by atoms with Gasteiger partial charge in [-0.15, -0.1) is 10.2 Å². The van der Waals surface area contributed by atoms with Crippen LogP contribution < -0.4 is 0 Å². The maximum Gasteiger partial charge on any atom is 0.240 e. The highest BCUT2D eigenvalue weighted by atomic mass is 32.2. The Morgan fingerprint density at radius 2 is 2.07 bits per heavy atom. The van der Waals surface area contributed by atoms with Crippen molar-refractivity contribution in [2.45, 2.75) is 30.2 Å². The van der Waals surface area contributed by atoms with Crippen molar-refractivity contribution in [2.75, 3.05) is 11.5 Å². The van der Waals surface area contributed by atoms with Crippen molar-refractivity contribution >= 4 is 21.6 Å². The lowest BCUT2D eigenvalue weighted by atomic mass is 10.1. The molecule has 28 heavy (non-hydrogen) atoms. The Bertz CT molecular complexity index is 1060. The summed E-state index contributed by atoms with van der Waals surface area (Å²) in [6.07, 6.45) is 1.31.